The number of aliphatic carboxylic acids is 1. The Morgan fingerprint density at radius 2 is 1.85 bits per heavy atom. The molecule has 3 atom stereocenters. The molecule has 2 aromatic rings. The molecule has 1 aliphatic rings. The van der Waals surface area contributed by atoms with Gasteiger partial charge in [-0.05, 0) is 29.5 Å². The summed E-state index contributed by atoms with van der Waals surface area (Å²) in [5, 5.41) is 28.9. The van der Waals surface area contributed by atoms with Crippen molar-refractivity contribution in [1.82, 2.24) is 36.2 Å². The van der Waals surface area contributed by atoms with Crippen molar-refractivity contribution < 1.29 is 33.8 Å². The van der Waals surface area contributed by atoms with Crippen molar-refractivity contribution >= 4 is 35.6 Å². The van der Waals surface area contributed by atoms with Gasteiger partial charge >= 0.3 is 12.1 Å². The summed E-state index contributed by atoms with van der Waals surface area (Å²) in [6, 6.07) is 6.12. The monoisotopic (exact) mass is 558 g/mol. The third-order valence-electron chi connectivity index (χ3n) is 6.32. The van der Waals surface area contributed by atoms with Crippen LogP contribution in [0.4, 0.5) is 10.7 Å². The summed E-state index contributed by atoms with van der Waals surface area (Å²) in [4.78, 5) is 64.2. The van der Waals surface area contributed by atoms with E-state index in [9.17, 15) is 29.1 Å². The standard InChI is InChI=1S/C25H34N8O7/c1-15(2)21(23(38)26-3)28-22(37)18-10-7-11-32(18)24-29-31-33(30-24)13-19(34)17(12-20(35)36)27-25(39)40-14-16-8-5-4-6-9-16/h4-6,8-9,15,17-18,21H,7,10-14H2,1-3H3,(H,26,38)(H,27,39)(H,28,37)(H,35,36)/t17?,18-,21?/m1/s1. The number of ketones is 1. The van der Waals surface area contributed by atoms with Crippen LogP contribution in [0.1, 0.15) is 38.7 Å². The van der Waals surface area contributed by atoms with Crippen molar-refractivity contribution in [2.24, 2.45) is 5.92 Å². The van der Waals surface area contributed by atoms with Gasteiger partial charge in [-0.25, -0.2) is 4.79 Å². The average Bonchev–Trinajstić information content (AvgIpc) is 3.59. The number of amides is 3. The molecule has 0 bridgehead atoms. The number of likely N-dealkylation sites (N-methyl/N-ethyl adjacent to an activating group) is 1. The Labute approximate surface area is 230 Å². The molecule has 0 saturated carbocycles. The lowest BCUT2D eigenvalue weighted by atomic mass is 10.0. The molecule has 2 unspecified atom stereocenters. The first kappa shape index (κ1) is 30.0. The first-order chi connectivity index (χ1) is 19.1. The molecule has 1 aliphatic heterocycles. The van der Waals surface area contributed by atoms with Crippen LogP contribution in [0.2, 0.25) is 0 Å². The highest BCUT2D eigenvalue weighted by Gasteiger charge is 2.36. The Hall–Kier alpha value is -4.56. The number of carbonyl (C=O) groups excluding carboxylic acids is 4. The third kappa shape index (κ3) is 8.22. The summed E-state index contributed by atoms with van der Waals surface area (Å²) in [5.41, 5.74) is 0.723. The maximum absolute atomic E-state index is 13.0. The zero-order chi connectivity index (χ0) is 29.2. The number of Topliss-reactive ketones (excluding diaryl/α,β-unsaturated/α-hetero) is 1. The second kappa shape index (κ2) is 14.0. The summed E-state index contributed by atoms with van der Waals surface area (Å²) in [6.45, 7) is 3.58. The van der Waals surface area contributed by atoms with Crippen molar-refractivity contribution in [2.75, 3.05) is 18.5 Å². The van der Waals surface area contributed by atoms with Gasteiger partial charge in [0, 0.05) is 13.6 Å². The largest absolute Gasteiger partial charge is 0.481 e. The molecule has 1 aromatic heterocycles. The Morgan fingerprint density at radius 3 is 2.50 bits per heavy atom. The Balaban J connectivity index is 1.62. The van der Waals surface area contributed by atoms with E-state index in [2.05, 4.69) is 31.4 Å². The maximum atomic E-state index is 13.0. The first-order valence-electron chi connectivity index (χ1n) is 12.9. The number of carboxylic acids is 1. The highest BCUT2D eigenvalue weighted by Crippen LogP contribution is 2.22. The normalized spacial score (nSPS) is 16.2. The number of nitrogens with one attached hydrogen (secondary N) is 3. The maximum Gasteiger partial charge on any atom is 0.408 e. The topological polar surface area (TPSA) is 198 Å². The fraction of sp³-hybridized carbons (Fsp3) is 0.520. The molecule has 2 heterocycles. The fourth-order valence-electron chi connectivity index (χ4n) is 4.21. The summed E-state index contributed by atoms with van der Waals surface area (Å²) in [7, 11) is 1.50. The number of carboxylic acid groups (broad SMARTS) is 1. The van der Waals surface area contributed by atoms with Gasteiger partial charge in [0.2, 0.25) is 11.8 Å². The van der Waals surface area contributed by atoms with Gasteiger partial charge in [-0.1, -0.05) is 49.3 Å². The molecule has 1 aromatic carbocycles. The van der Waals surface area contributed by atoms with E-state index in [1.54, 1.807) is 29.2 Å². The second-order valence-corrected chi connectivity index (χ2v) is 9.64. The second-order valence-electron chi connectivity index (χ2n) is 9.64. The number of alkyl carbamates (subject to hydrolysis) is 1. The van der Waals surface area contributed by atoms with Crippen LogP contribution in [0.3, 0.4) is 0 Å². The predicted octanol–water partition coefficient (Wildman–Crippen LogP) is -0.132. The highest BCUT2D eigenvalue weighted by atomic mass is 16.5. The smallest absolute Gasteiger partial charge is 0.408 e. The van der Waals surface area contributed by atoms with Crippen molar-refractivity contribution in [2.45, 2.75) is 64.4 Å². The van der Waals surface area contributed by atoms with Crippen molar-refractivity contribution in [3.63, 3.8) is 0 Å². The summed E-state index contributed by atoms with van der Waals surface area (Å²) in [6.07, 6.45) is -0.434. The number of rotatable bonds is 13. The summed E-state index contributed by atoms with van der Waals surface area (Å²) >= 11 is 0. The lowest BCUT2D eigenvalue weighted by Gasteiger charge is -2.26. The number of hydrogen-bond acceptors (Lipinski definition) is 10. The van der Waals surface area contributed by atoms with E-state index in [1.165, 1.54) is 7.05 Å². The number of benzene rings is 1. The highest BCUT2D eigenvalue weighted by molar-refractivity contribution is 5.92. The Morgan fingerprint density at radius 1 is 1.12 bits per heavy atom. The molecule has 216 valence electrons. The van der Waals surface area contributed by atoms with Crippen LogP contribution in [-0.4, -0.2) is 86.7 Å². The minimum Gasteiger partial charge on any atom is -0.481 e. The number of hydrogen-bond donors (Lipinski definition) is 4. The lowest BCUT2D eigenvalue weighted by Crippen LogP contribution is -2.54. The number of tetrazole rings is 1. The van der Waals surface area contributed by atoms with Gasteiger partial charge in [0.25, 0.3) is 5.95 Å². The van der Waals surface area contributed by atoms with E-state index in [0.29, 0.717) is 19.4 Å². The van der Waals surface area contributed by atoms with Gasteiger partial charge in [-0.2, -0.15) is 4.80 Å². The number of anilines is 1. The molecule has 0 radical (unpaired) electrons. The van der Waals surface area contributed by atoms with Crippen LogP contribution in [0, 0.1) is 5.92 Å². The molecule has 15 nitrogen and oxygen atoms in total. The van der Waals surface area contributed by atoms with Crippen molar-refractivity contribution in [1.29, 1.82) is 0 Å². The molecule has 1 saturated heterocycles. The van der Waals surface area contributed by atoms with Gasteiger partial charge in [0.15, 0.2) is 5.78 Å². The average molecular weight is 559 g/mol. The first-order valence-corrected chi connectivity index (χ1v) is 12.9. The molecule has 3 rings (SSSR count). The zero-order valence-electron chi connectivity index (χ0n) is 22.6. The van der Waals surface area contributed by atoms with Crippen molar-refractivity contribution in [3.05, 3.63) is 35.9 Å². The molecule has 4 N–H and O–H groups in total. The van der Waals surface area contributed by atoms with Crippen LogP contribution < -0.4 is 20.9 Å². The fourth-order valence-corrected chi connectivity index (χ4v) is 4.21. The van der Waals surface area contributed by atoms with Crippen LogP contribution in [0.15, 0.2) is 30.3 Å². The zero-order valence-corrected chi connectivity index (χ0v) is 22.6. The third-order valence-corrected chi connectivity index (χ3v) is 6.32. The molecule has 3 amide bonds. The number of carbonyl (C=O) groups is 5. The SMILES string of the molecule is CNC(=O)C(NC(=O)[C@H]1CCCN1c1nnn(CC(=O)C(CC(=O)O)NC(=O)OCc2ccccc2)n1)C(C)C. The number of aromatic nitrogens is 4. The predicted molar refractivity (Wildman–Crippen MR) is 140 cm³/mol. The van der Waals surface area contributed by atoms with E-state index >= 15 is 0 Å². The molecular weight excluding hydrogens is 524 g/mol. The van der Waals surface area contributed by atoms with Gasteiger partial charge in [0.05, 0.1) is 6.42 Å². The van der Waals surface area contributed by atoms with E-state index in [1.807, 2.05) is 19.9 Å². The number of nitrogens with zero attached hydrogens (tertiary/aromatic N) is 5. The minimum absolute atomic E-state index is 0.0553. The number of ether oxygens (including phenoxy) is 1. The molecule has 15 heteroatoms. The van der Waals surface area contributed by atoms with E-state index in [-0.39, 0.29) is 30.3 Å². The summed E-state index contributed by atoms with van der Waals surface area (Å²) in [5.74, 6) is -2.65. The van der Waals surface area contributed by atoms with E-state index in [0.717, 1.165) is 10.4 Å². The van der Waals surface area contributed by atoms with Gasteiger partial charge in [-0.3, -0.25) is 19.2 Å². The van der Waals surface area contributed by atoms with Crippen LogP contribution in [-0.2, 0) is 37.1 Å². The summed E-state index contributed by atoms with van der Waals surface area (Å²) < 4.78 is 5.10. The van der Waals surface area contributed by atoms with E-state index in [4.69, 9.17) is 4.74 Å². The molecule has 0 aliphatic carbocycles. The molecule has 0 spiro atoms. The lowest BCUT2D eigenvalue weighted by molar-refractivity contribution is -0.139. The van der Waals surface area contributed by atoms with Gasteiger partial charge < -0.3 is 30.7 Å². The molecule has 40 heavy (non-hydrogen) atoms. The van der Waals surface area contributed by atoms with E-state index < -0.39 is 48.9 Å². The van der Waals surface area contributed by atoms with Gasteiger partial charge in [0.1, 0.15) is 31.3 Å². The van der Waals surface area contributed by atoms with Crippen LogP contribution >= 0.6 is 0 Å². The Bertz CT molecular complexity index is 1200. The quantitative estimate of drug-likeness (QED) is 0.255. The molecule has 1 fully saturated rings. The van der Waals surface area contributed by atoms with Crippen LogP contribution in [0.5, 0.6) is 0 Å². The van der Waals surface area contributed by atoms with Gasteiger partial charge in [-0.15, -0.1) is 5.10 Å². The Kier molecular flexibility index (Phi) is 10.5. The molecular formula is C25H34N8O7. The van der Waals surface area contributed by atoms with Crippen LogP contribution in [0.25, 0.3) is 0 Å². The minimum atomic E-state index is -1.39. The van der Waals surface area contributed by atoms with Crippen molar-refractivity contribution in [3.8, 4) is 0 Å².